The molecule has 2 aliphatic heterocycles. The third-order valence-electron chi connectivity index (χ3n) is 6.09. The van der Waals surface area contributed by atoms with Gasteiger partial charge in [0.25, 0.3) is 0 Å². The molecule has 4 heteroatoms. The van der Waals surface area contributed by atoms with Gasteiger partial charge in [-0.1, -0.05) is 55.5 Å². The van der Waals surface area contributed by atoms with Crippen molar-refractivity contribution in [3.8, 4) is 0 Å². The van der Waals surface area contributed by atoms with Crippen molar-refractivity contribution in [3.05, 3.63) is 70.8 Å². The highest BCUT2D eigenvalue weighted by Crippen LogP contribution is 2.28. The van der Waals surface area contributed by atoms with E-state index >= 15 is 0 Å². The molecule has 0 spiro atoms. The third-order valence-corrected chi connectivity index (χ3v) is 6.09. The van der Waals surface area contributed by atoms with Crippen LogP contribution in [0.4, 0.5) is 0 Å². The van der Waals surface area contributed by atoms with Crippen LogP contribution in [0, 0.1) is 0 Å². The molecular formula is C27H36O4. The molecule has 0 bridgehead atoms. The molecular weight excluding hydrogens is 388 g/mol. The Morgan fingerprint density at radius 1 is 0.742 bits per heavy atom. The lowest BCUT2D eigenvalue weighted by atomic mass is 9.88. The van der Waals surface area contributed by atoms with Gasteiger partial charge in [0.2, 0.25) is 0 Å². The summed E-state index contributed by atoms with van der Waals surface area (Å²) in [5.41, 5.74) is 5.57. The number of benzene rings is 2. The first kappa shape index (κ1) is 22.5. The summed E-state index contributed by atoms with van der Waals surface area (Å²) in [6, 6.07) is 18.3. The van der Waals surface area contributed by atoms with Crippen LogP contribution in [-0.2, 0) is 31.8 Å². The molecule has 2 aromatic carbocycles. The second-order valence-corrected chi connectivity index (χ2v) is 8.71. The maximum Gasteiger partial charge on any atom is 0.104 e. The minimum Gasteiger partial charge on any atom is -0.379 e. The minimum absolute atomic E-state index is 0.362. The molecule has 2 fully saturated rings. The summed E-state index contributed by atoms with van der Waals surface area (Å²) in [7, 11) is 0. The summed E-state index contributed by atoms with van der Waals surface area (Å²) in [5.74, 6) is 0.451. The second-order valence-electron chi connectivity index (χ2n) is 8.71. The largest absolute Gasteiger partial charge is 0.379 e. The highest BCUT2D eigenvalue weighted by molar-refractivity contribution is 5.35. The molecule has 168 valence electrons. The van der Waals surface area contributed by atoms with Crippen LogP contribution >= 0.6 is 0 Å². The number of epoxide rings is 2. The van der Waals surface area contributed by atoms with E-state index in [4.69, 9.17) is 18.9 Å². The van der Waals surface area contributed by atoms with Crippen LogP contribution in [-0.4, -0.2) is 51.8 Å². The van der Waals surface area contributed by atoms with Gasteiger partial charge in [0.1, 0.15) is 12.2 Å². The zero-order valence-corrected chi connectivity index (χ0v) is 18.8. The zero-order chi connectivity index (χ0) is 21.3. The Balaban J connectivity index is 1.21. The van der Waals surface area contributed by atoms with Gasteiger partial charge < -0.3 is 18.9 Å². The topological polar surface area (TPSA) is 43.5 Å². The zero-order valence-electron chi connectivity index (χ0n) is 18.8. The van der Waals surface area contributed by atoms with Gasteiger partial charge in [-0.3, -0.25) is 0 Å². The van der Waals surface area contributed by atoms with Crippen molar-refractivity contribution in [1.29, 1.82) is 0 Å². The molecule has 2 saturated heterocycles. The summed E-state index contributed by atoms with van der Waals surface area (Å²) < 4.78 is 21.6. The van der Waals surface area contributed by atoms with Crippen molar-refractivity contribution >= 4 is 0 Å². The highest BCUT2D eigenvalue weighted by atomic mass is 16.6. The summed E-state index contributed by atoms with van der Waals surface area (Å²) in [6.45, 7) is 7.13. The van der Waals surface area contributed by atoms with Crippen LogP contribution in [0.5, 0.6) is 0 Å². The van der Waals surface area contributed by atoms with E-state index in [1.165, 1.54) is 22.3 Å². The smallest absolute Gasteiger partial charge is 0.104 e. The van der Waals surface area contributed by atoms with Crippen LogP contribution in [0.1, 0.15) is 54.4 Å². The van der Waals surface area contributed by atoms with Crippen LogP contribution in [0.15, 0.2) is 48.5 Å². The second kappa shape index (κ2) is 11.8. The number of hydrogen-bond donors (Lipinski definition) is 0. The predicted molar refractivity (Wildman–Crippen MR) is 123 cm³/mol. The van der Waals surface area contributed by atoms with Gasteiger partial charge >= 0.3 is 0 Å². The van der Waals surface area contributed by atoms with E-state index in [1.807, 2.05) is 0 Å². The molecule has 0 radical (unpaired) electrons. The van der Waals surface area contributed by atoms with Crippen molar-refractivity contribution in [2.75, 3.05) is 39.6 Å². The first-order valence-corrected chi connectivity index (χ1v) is 11.9. The van der Waals surface area contributed by atoms with Gasteiger partial charge in [-0.2, -0.15) is 0 Å². The van der Waals surface area contributed by atoms with E-state index in [0.29, 0.717) is 18.1 Å². The molecule has 2 atom stereocenters. The molecule has 0 amide bonds. The van der Waals surface area contributed by atoms with Gasteiger partial charge in [0.15, 0.2) is 0 Å². The van der Waals surface area contributed by atoms with Crippen LogP contribution in [0.25, 0.3) is 0 Å². The Hall–Kier alpha value is -1.72. The standard InChI is InChI=1S/C27H36O4/c1-2-27(23-11-7-21(8-12-23)5-3-15-28-17-25-19-30-25)24-13-9-22(10-14-24)6-4-16-29-18-26-20-31-26/h7-14,25-27H,2-6,15-20H2,1H3. The number of hydrogen-bond acceptors (Lipinski definition) is 4. The lowest BCUT2D eigenvalue weighted by Crippen LogP contribution is -2.04. The monoisotopic (exact) mass is 424 g/mol. The van der Waals surface area contributed by atoms with Gasteiger partial charge in [-0.05, 0) is 54.4 Å². The first-order valence-electron chi connectivity index (χ1n) is 11.9. The average Bonchev–Trinajstić information content (AvgIpc) is 3.72. The third kappa shape index (κ3) is 7.73. The number of rotatable bonds is 15. The SMILES string of the molecule is CCC(c1ccc(CCCOCC2CO2)cc1)c1ccc(CCCOCC2CO2)cc1. The molecule has 0 aliphatic carbocycles. The molecule has 4 rings (SSSR count). The van der Waals surface area contributed by atoms with Crippen molar-refractivity contribution in [3.63, 3.8) is 0 Å². The van der Waals surface area contributed by atoms with Crippen molar-refractivity contribution in [2.45, 2.75) is 57.2 Å². The van der Waals surface area contributed by atoms with Crippen LogP contribution < -0.4 is 0 Å². The first-order chi connectivity index (χ1) is 15.3. The maximum atomic E-state index is 5.64. The highest BCUT2D eigenvalue weighted by Gasteiger charge is 2.22. The van der Waals surface area contributed by atoms with Gasteiger partial charge in [0.05, 0.1) is 26.4 Å². The summed E-state index contributed by atoms with van der Waals surface area (Å²) in [6.07, 6.45) is 6.08. The quantitative estimate of drug-likeness (QED) is 0.301. The maximum absolute atomic E-state index is 5.64. The van der Waals surface area contributed by atoms with E-state index in [9.17, 15) is 0 Å². The Morgan fingerprint density at radius 2 is 1.16 bits per heavy atom. The lowest BCUT2D eigenvalue weighted by molar-refractivity contribution is 0.114. The predicted octanol–water partition coefficient (Wildman–Crippen LogP) is 4.92. The fourth-order valence-electron chi connectivity index (χ4n) is 4.01. The van der Waals surface area contributed by atoms with Gasteiger partial charge in [-0.25, -0.2) is 0 Å². The molecule has 4 nitrogen and oxygen atoms in total. The average molecular weight is 425 g/mol. The number of aryl methyl sites for hydroxylation is 2. The van der Waals surface area contributed by atoms with Crippen molar-refractivity contribution < 1.29 is 18.9 Å². The van der Waals surface area contributed by atoms with Gasteiger partial charge in [-0.15, -0.1) is 0 Å². The normalized spacial score (nSPS) is 20.5. The Morgan fingerprint density at radius 3 is 1.52 bits per heavy atom. The van der Waals surface area contributed by atoms with E-state index in [1.54, 1.807) is 0 Å². The minimum atomic E-state index is 0.362. The molecule has 2 unspecified atom stereocenters. The summed E-state index contributed by atoms with van der Waals surface area (Å²) in [5, 5.41) is 0. The Bertz CT molecular complexity index is 697. The van der Waals surface area contributed by atoms with E-state index < -0.39 is 0 Å². The lowest BCUT2D eigenvalue weighted by Gasteiger charge is -2.17. The molecule has 0 aromatic heterocycles. The fourth-order valence-corrected chi connectivity index (χ4v) is 4.01. The van der Waals surface area contributed by atoms with Crippen LogP contribution in [0.3, 0.4) is 0 Å². The van der Waals surface area contributed by atoms with E-state index in [0.717, 1.165) is 71.7 Å². The van der Waals surface area contributed by atoms with Crippen molar-refractivity contribution in [2.24, 2.45) is 0 Å². The van der Waals surface area contributed by atoms with Gasteiger partial charge in [0, 0.05) is 19.1 Å². The molecule has 0 N–H and O–H groups in total. The Labute approximate surface area is 186 Å². The molecule has 0 saturated carbocycles. The van der Waals surface area contributed by atoms with E-state index in [2.05, 4.69) is 55.5 Å². The van der Waals surface area contributed by atoms with Crippen molar-refractivity contribution in [1.82, 2.24) is 0 Å². The van der Waals surface area contributed by atoms with E-state index in [-0.39, 0.29) is 0 Å². The molecule has 2 aromatic rings. The Kier molecular flexibility index (Phi) is 8.53. The fraction of sp³-hybridized carbons (Fsp3) is 0.556. The molecule has 31 heavy (non-hydrogen) atoms. The summed E-state index contributed by atoms with van der Waals surface area (Å²) in [4.78, 5) is 0. The summed E-state index contributed by atoms with van der Waals surface area (Å²) >= 11 is 0. The number of ether oxygens (including phenoxy) is 4. The molecule has 2 heterocycles. The molecule has 2 aliphatic rings. The van der Waals surface area contributed by atoms with Crippen LogP contribution in [0.2, 0.25) is 0 Å².